The zero-order chi connectivity index (χ0) is 13.9. The van der Waals surface area contributed by atoms with E-state index in [1.165, 1.54) is 47.0 Å². The molecule has 0 fully saturated rings. The van der Waals surface area contributed by atoms with Crippen LogP contribution in [-0.2, 0) is 6.42 Å². The highest BCUT2D eigenvalue weighted by atomic mass is 14.9. The van der Waals surface area contributed by atoms with E-state index >= 15 is 0 Å². The van der Waals surface area contributed by atoms with E-state index in [9.17, 15) is 0 Å². The van der Waals surface area contributed by atoms with E-state index in [1.54, 1.807) is 0 Å². The lowest BCUT2D eigenvalue weighted by atomic mass is 10.00. The minimum Gasteiger partial charge on any atom is -0.343 e. The first-order valence-electron chi connectivity index (χ1n) is 7.32. The van der Waals surface area contributed by atoms with Gasteiger partial charge in [-0.15, -0.1) is 0 Å². The molecular formula is C18H20N2. The van der Waals surface area contributed by atoms with Gasteiger partial charge in [0.1, 0.15) is 5.65 Å². The fourth-order valence-electron chi connectivity index (χ4n) is 2.74. The van der Waals surface area contributed by atoms with Gasteiger partial charge in [-0.3, -0.25) is 0 Å². The second-order valence-electron chi connectivity index (χ2n) is 5.33. The Kier molecular flexibility index (Phi) is 3.55. The van der Waals surface area contributed by atoms with Crippen LogP contribution in [0.4, 0.5) is 0 Å². The number of fused-ring (bicyclic) bond motifs is 1. The number of pyridine rings is 1. The average molecular weight is 264 g/mol. The van der Waals surface area contributed by atoms with Crippen LogP contribution in [0.15, 0.2) is 42.6 Å². The van der Waals surface area contributed by atoms with Gasteiger partial charge in [0.05, 0.1) is 0 Å². The standard InChI is InChI=1S/C18H20N2/c1-3-4-6-14-8-10-15(11-9-14)17-13(2)20-18-16(17)7-5-12-19-18/h5,7-12H,3-4,6H2,1-2H3,(H,19,20). The van der Waals surface area contributed by atoms with Gasteiger partial charge in [0.25, 0.3) is 0 Å². The van der Waals surface area contributed by atoms with Crippen molar-refractivity contribution in [1.82, 2.24) is 9.97 Å². The van der Waals surface area contributed by atoms with Crippen LogP contribution in [0.2, 0.25) is 0 Å². The predicted molar refractivity (Wildman–Crippen MR) is 84.9 cm³/mol. The topological polar surface area (TPSA) is 28.7 Å². The van der Waals surface area contributed by atoms with Gasteiger partial charge < -0.3 is 4.98 Å². The molecule has 0 amide bonds. The molecule has 3 rings (SSSR count). The molecule has 2 heterocycles. The van der Waals surface area contributed by atoms with E-state index in [-0.39, 0.29) is 0 Å². The Morgan fingerprint density at radius 3 is 2.65 bits per heavy atom. The minimum absolute atomic E-state index is 0.968. The molecule has 0 aliphatic rings. The van der Waals surface area contributed by atoms with Crippen molar-refractivity contribution < 1.29 is 0 Å². The van der Waals surface area contributed by atoms with E-state index in [0.717, 1.165) is 5.65 Å². The molecule has 2 aromatic heterocycles. The number of nitrogens with zero attached hydrogens (tertiary/aromatic N) is 1. The normalized spacial score (nSPS) is 11.1. The number of aryl methyl sites for hydroxylation is 2. The van der Waals surface area contributed by atoms with Gasteiger partial charge in [0.2, 0.25) is 0 Å². The number of aromatic amines is 1. The number of H-pyrrole nitrogens is 1. The molecule has 0 atom stereocenters. The number of rotatable bonds is 4. The van der Waals surface area contributed by atoms with Crippen molar-refractivity contribution in [3.8, 4) is 11.1 Å². The first-order chi connectivity index (χ1) is 9.79. The predicted octanol–water partition coefficient (Wildman–Crippen LogP) is 4.88. The quantitative estimate of drug-likeness (QED) is 0.714. The van der Waals surface area contributed by atoms with E-state index in [2.05, 4.69) is 54.1 Å². The summed E-state index contributed by atoms with van der Waals surface area (Å²) >= 11 is 0. The fraction of sp³-hybridized carbons (Fsp3) is 0.278. The van der Waals surface area contributed by atoms with Crippen molar-refractivity contribution in [3.05, 3.63) is 53.9 Å². The van der Waals surface area contributed by atoms with Gasteiger partial charge in [0.15, 0.2) is 0 Å². The highest BCUT2D eigenvalue weighted by Gasteiger charge is 2.10. The van der Waals surface area contributed by atoms with Gasteiger partial charge in [-0.1, -0.05) is 37.6 Å². The lowest BCUT2D eigenvalue weighted by Crippen LogP contribution is -1.85. The van der Waals surface area contributed by atoms with Crippen molar-refractivity contribution in [2.24, 2.45) is 0 Å². The second-order valence-corrected chi connectivity index (χ2v) is 5.33. The molecule has 0 radical (unpaired) electrons. The third-order valence-corrected chi connectivity index (χ3v) is 3.82. The highest BCUT2D eigenvalue weighted by Crippen LogP contribution is 2.31. The van der Waals surface area contributed by atoms with Crippen LogP contribution in [0.25, 0.3) is 22.2 Å². The fourth-order valence-corrected chi connectivity index (χ4v) is 2.74. The number of hydrogen-bond donors (Lipinski definition) is 1. The van der Waals surface area contributed by atoms with Crippen molar-refractivity contribution in [3.63, 3.8) is 0 Å². The summed E-state index contributed by atoms with van der Waals surface area (Å²) in [6.45, 7) is 4.35. The molecule has 0 unspecified atom stereocenters. The van der Waals surface area contributed by atoms with Crippen LogP contribution < -0.4 is 0 Å². The number of hydrogen-bond acceptors (Lipinski definition) is 1. The molecule has 2 heteroatoms. The lowest BCUT2D eigenvalue weighted by Gasteiger charge is -2.04. The zero-order valence-corrected chi connectivity index (χ0v) is 12.1. The monoisotopic (exact) mass is 264 g/mol. The van der Waals surface area contributed by atoms with E-state index in [1.807, 2.05) is 12.3 Å². The van der Waals surface area contributed by atoms with Crippen molar-refractivity contribution >= 4 is 11.0 Å². The SMILES string of the molecule is CCCCc1ccc(-c2c(C)[nH]c3ncccc23)cc1. The molecule has 1 aromatic carbocycles. The summed E-state index contributed by atoms with van der Waals surface area (Å²) in [4.78, 5) is 7.75. The molecule has 0 saturated carbocycles. The van der Waals surface area contributed by atoms with Gasteiger partial charge >= 0.3 is 0 Å². The molecule has 3 aromatic rings. The molecule has 102 valence electrons. The third kappa shape index (κ3) is 2.34. The Balaban J connectivity index is 2.00. The summed E-state index contributed by atoms with van der Waals surface area (Å²) in [5.41, 5.74) is 6.11. The summed E-state index contributed by atoms with van der Waals surface area (Å²) in [7, 11) is 0. The lowest BCUT2D eigenvalue weighted by molar-refractivity contribution is 0.795. The Bertz CT molecular complexity index is 708. The number of nitrogens with one attached hydrogen (secondary N) is 1. The van der Waals surface area contributed by atoms with Crippen LogP contribution >= 0.6 is 0 Å². The van der Waals surface area contributed by atoms with Gasteiger partial charge in [-0.05, 0) is 43.0 Å². The maximum Gasteiger partial charge on any atom is 0.138 e. The Morgan fingerprint density at radius 1 is 1.10 bits per heavy atom. The molecule has 0 saturated heterocycles. The number of benzene rings is 1. The summed E-state index contributed by atoms with van der Waals surface area (Å²) < 4.78 is 0. The largest absolute Gasteiger partial charge is 0.343 e. The molecule has 20 heavy (non-hydrogen) atoms. The summed E-state index contributed by atoms with van der Waals surface area (Å²) in [6, 6.07) is 13.1. The number of unbranched alkanes of at least 4 members (excludes halogenated alkanes) is 1. The first kappa shape index (κ1) is 12.9. The van der Waals surface area contributed by atoms with Crippen molar-refractivity contribution in [2.45, 2.75) is 33.1 Å². The van der Waals surface area contributed by atoms with E-state index < -0.39 is 0 Å². The van der Waals surface area contributed by atoms with Crippen LogP contribution in [0.5, 0.6) is 0 Å². The molecule has 0 bridgehead atoms. The molecule has 0 aliphatic heterocycles. The molecule has 1 N–H and O–H groups in total. The third-order valence-electron chi connectivity index (χ3n) is 3.82. The van der Waals surface area contributed by atoms with Crippen LogP contribution in [-0.4, -0.2) is 9.97 Å². The van der Waals surface area contributed by atoms with E-state index in [4.69, 9.17) is 0 Å². The van der Waals surface area contributed by atoms with E-state index in [0.29, 0.717) is 0 Å². The zero-order valence-electron chi connectivity index (χ0n) is 12.1. The smallest absolute Gasteiger partial charge is 0.138 e. The summed E-state index contributed by atoms with van der Waals surface area (Å²) in [6.07, 6.45) is 5.51. The van der Waals surface area contributed by atoms with Gasteiger partial charge in [-0.25, -0.2) is 4.98 Å². The second kappa shape index (κ2) is 5.49. The minimum atomic E-state index is 0.968. The molecule has 0 spiro atoms. The molecule has 0 aliphatic carbocycles. The Morgan fingerprint density at radius 2 is 1.90 bits per heavy atom. The van der Waals surface area contributed by atoms with Crippen LogP contribution in [0.1, 0.15) is 31.0 Å². The maximum atomic E-state index is 4.39. The highest BCUT2D eigenvalue weighted by molar-refractivity contribution is 5.95. The van der Waals surface area contributed by atoms with Crippen LogP contribution in [0, 0.1) is 6.92 Å². The number of aromatic nitrogens is 2. The maximum absolute atomic E-state index is 4.39. The molecular weight excluding hydrogens is 244 g/mol. The van der Waals surface area contributed by atoms with Crippen LogP contribution in [0.3, 0.4) is 0 Å². The Labute approximate surface area is 119 Å². The average Bonchev–Trinajstić information content (AvgIpc) is 2.81. The van der Waals surface area contributed by atoms with Gasteiger partial charge in [-0.2, -0.15) is 0 Å². The van der Waals surface area contributed by atoms with Gasteiger partial charge in [0, 0.05) is 22.8 Å². The summed E-state index contributed by atoms with van der Waals surface area (Å²) in [5, 5.41) is 1.20. The van der Waals surface area contributed by atoms with Crippen molar-refractivity contribution in [1.29, 1.82) is 0 Å². The van der Waals surface area contributed by atoms with Crippen molar-refractivity contribution in [2.75, 3.05) is 0 Å². The first-order valence-corrected chi connectivity index (χ1v) is 7.32. The summed E-state index contributed by atoms with van der Waals surface area (Å²) in [5.74, 6) is 0. The Hall–Kier alpha value is -2.09. The molecule has 2 nitrogen and oxygen atoms in total.